The molecule has 2 amide bonds. The number of benzene rings is 1. The molecule has 2 heterocycles. The van der Waals surface area contributed by atoms with E-state index in [0.29, 0.717) is 6.61 Å². The first-order valence-electron chi connectivity index (χ1n) is 7.62. The lowest BCUT2D eigenvalue weighted by atomic mass is 10.2. The van der Waals surface area contributed by atoms with Gasteiger partial charge in [-0.3, -0.25) is 0 Å². The molecule has 1 atom stereocenters. The third-order valence-corrected chi connectivity index (χ3v) is 3.80. The van der Waals surface area contributed by atoms with E-state index in [1.807, 2.05) is 48.2 Å². The van der Waals surface area contributed by atoms with Crippen LogP contribution in [-0.4, -0.2) is 24.1 Å². The minimum Gasteiger partial charge on any atom is -0.494 e. The number of carbonyl (C=O) groups excluding carboxylic acids is 1. The molecule has 0 bridgehead atoms. The van der Waals surface area contributed by atoms with Crippen molar-refractivity contribution < 1.29 is 13.9 Å². The van der Waals surface area contributed by atoms with Gasteiger partial charge in [-0.1, -0.05) is 0 Å². The number of furan rings is 1. The zero-order valence-corrected chi connectivity index (χ0v) is 12.6. The third-order valence-electron chi connectivity index (χ3n) is 3.80. The molecule has 0 aliphatic carbocycles. The van der Waals surface area contributed by atoms with Gasteiger partial charge >= 0.3 is 6.03 Å². The number of anilines is 1. The van der Waals surface area contributed by atoms with Gasteiger partial charge < -0.3 is 19.4 Å². The molecular weight excluding hydrogens is 280 g/mol. The number of likely N-dealkylation sites (tertiary alicyclic amines) is 1. The highest BCUT2D eigenvalue weighted by Crippen LogP contribution is 2.32. The van der Waals surface area contributed by atoms with E-state index in [1.165, 1.54) is 0 Å². The number of rotatable bonds is 4. The standard InChI is InChI=1S/C17H20N2O3/c1-2-21-14-9-7-13(8-10-14)18-17(20)19-11-3-5-15(19)16-6-4-12-22-16/h4,6-10,12,15H,2-3,5,11H2,1H3,(H,18,20)/t15-/m0/s1. The first kappa shape index (κ1) is 14.5. The monoisotopic (exact) mass is 300 g/mol. The van der Waals surface area contributed by atoms with E-state index in [-0.39, 0.29) is 12.1 Å². The molecule has 2 aromatic rings. The summed E-state index contributed by atoms with van der Waals surface area (Å²) in [5.74, 6) is 1.65. The van der Waals surface area contributed by atoms with Crippen molar-refractivity contribution in [1.82, 2.24) is 4.90 Å². The van der Waals surface area contributed by atoms with E-state index < -0.39 is 0 Å². The average molecular weight is 300 g/mol. The minimum atomic E-state index is -0.0944. The van der Waals surface area contributed by atoms with Crippen molar-refractivity contribution in [3.05, 3.63) is 48.4 Å². The minimum absolute atomic E-state index is 0.0256. The SMILES string of the molecule is CCOc1ccc(NC(=O)N2CCC[C@H]2c2ccco2)cc1. The van der Waals surface area contributed by atoms with Gasteiger partial charge in [0, 0.05) is 12.2 Å². The van der Waals surface area contributed by atoms with Gasteiger partial charge in [0.2, 0.25) is 0 Å². The molecule has 1 saturated heterocycles. The molecule has 0 spiro atoms. The fourth-order valence-electron chi connectivity index (χ4n) is 2.78. The largest absolute Gasteiger partial charge is 0.494 e. The van der Waals surface area contributed by atoms with E-state index in [1.54, 1.807) is 6.26 Å². The summed E-state index contributed by atoms with van der Waals surface area (Å²) in [7, 11) is 0. The molecule has 0 unspecified atom stereocenters. The molecule has 1 aliphatic heterocycles. The van der Waals surface area contributed by atoms with Crippen LogP contribution in [-0.2, 0) is 0 Å². The molecule has 1 fully saturated rings. The summed E-state index contributed by atoms with van der Waals surface area (Å²) in [4.78, 5) is 14.3. The summed E-state index contributed by atoms with van der Waals surface area (Å²) in [5, 5.41) is 2.93. The maximum atomic E-state index is 12.5. The Balaban J connectivity index is 1.66. The Morgan fingerprint density at radius 2 is 2.18 bits per heavy atom. The summed E-state index contributed by atoms with van der Waals surface area (Å²) in [5.41, 5.74) is 0.763. The lowest BCUT2D eigenvalue weighted by Crippen LogP contribution is -2.34. The molecule has 1 aromatic carbocycles. The highest BCUT2D eigenvalue weighted by Gasteiger charge is 2.31. The van der Waals surface area contributed by atoms with E-state index in [2.05, 4.69) is 5.32 Å². The van der Waals surface area contributed by atoms with Gasteiger partial charge in [0.25, 0.3) is 0 Å². The summed E-state index contributed by atoms with van der Waals surface area (Å²) in [6.07, 6.45) is 3.57. The highest BCUT2D eigenvalue weighted by atomic mass is 16.5. The Labute approximate surface area is 129 Å². The number of ether oxygens (including phenoxy) is 1. The maximum absolute atomic E-state index is 12.5. The van der Waals surface area contributed by atoms with Crippen LogP contribution in [0.25, 0.3) is 0 Å². The summed E-state index contributed by atoms with van der Waals surface area (Å²) < 4.78 is 10.8. The van der Waals surface area contributed by atoms with Crippen LogP contribution in [0.5, 0.6) is 5.75 Å². The van der Waals surface area contributed by atoms with Gasteiger partial charge in [-0.15, -0.1) is 0 Å². The van der Waals surface area contributed by atoms with Crippen LogP contribution < -0.4 is 10.1 Å². The van der Waals surface area contributed by atoms with E-state index in [9.17, 15) is 4.79 Å². The molecule has 0 radical (unpaired) electrons. The first-order valence-corrected chi connectivity index (χ1v) is 7.62. The fourth-order valence-corrected chi connectivity index (χ4v) is 2.78. The van der Waals surface area contributed by atoms with Crippen molar-refractivity contribution in [3.8, 4) is 5.75 Å². The van der Waals surface area contributed by atoms with Crippen LogP contribution in [0.1, 0.15) is 31.6 Å². The van der Waals surface area contributed by atoms with Crippen molar-refractivity contribution >= 4 is 11.7 Å². The van der Waals surface area contributed by atoms with Crippen LogP contribution >= 0.6 is 0 Å². The Morgan fingerprint density at radius 3 is 2.86 bits per heavy atom. The van der Waals surface area contributed by atoms with Gasteiger partial charge in [-0.25, -0.2) is 4.79 Å². The maximum Gasteiger partial charge on any atom is 0.322 e. The average Bonchev–Trinajstić information content (AvgIpc) is 3.20. The summed E-state index contributed by atoms with van der Waals surface area (Å²) in [6, 6.07) is 11.1. The topological polar surface area (TPSA) is 54.7 Å². The number of nitrogens with zero attached hydrogens (tertiary/aromatic N) is 1. The Kier molecular flexibility index (Phi) is 4.32. The number of nitrogens with one attached hydrogen (secondary N) is 1. The van der Waals surface area contributed by atoms with Crippen molar-refractivity contribution in [3.63, 3.8) is 0 Å². The van der Waals surface area contributed by atoms with E-state index >= 15 is 0 Å². The molecule has 5 nitrogen and oxygen atoms in total. The van der Waals surface area contributed by atoms with Crippen LogP contribution in [0, 0.1) is 0 Å². The molecule has 3 rings (SSSR count). The van der Waals surface area contributed by atoms with Crippen LogP contribution in [0.3, 0.4) is 0 Å². The summed E-state index contributed by atoms with van der Waals surface area (Å²) in [6.45, 7) is 3.32. The second-order valence-electron chi connectivity index (χ2n) is 5.25. The van der Waals surface area contributed by atoms with Crippen molar-refractivity contribution in [2.75, 3.05) is 18.5 Å². The molecule has 1 aromatic heterocycles. The highest BCUT2D eigenvalue weighted by molar-refractivity contribution is 5.89. The molecule has 0 saturated carbocycles. The second-order valence-corrected chi connectivity index (χ2v) is 5.25. The van der Waals surface area contributed by atoms with Gasteiger partial charge in [0.05, 0.1) is 18.9 Å². The normalized spacial score (nSPS) is 17.5. The number of amides is 2. The van der Waals surface area contributed by atoms with Gasteiger partial charge in [-0.2, -0.15) is 0 Å². The number of hydrogen-bond donors (Lipinski definition) is 1. The van der Waals surface area contributed by atoms with Crippen LogP contribution in [0.2, 0.25) is 0 Å². The van der Waals surface area contributed by atoms with Gasteiger partial charge in [-0.05, 0) is 56.2 Å². The van der Waals surface area contributed by atoms with Crippen LogP contribution in [0.4, 0.5) is 10.5 Å². The number of carbonyl (C=O) groups is 1. The zero-order chi connectivity index (χ0) is 15.4. The molecule has 5 heteroatoms. The van der Waals surface area contributed by atoms with Gasteiger partial charge in [0.1, 0.15) is 11.5 Å². The first-order chi connectivity index (χ1) is 10.8. The predicted octanol–water partition coefficient (Wildman–Crippen LogP) is 4.05. The molecule has 116 valence electrons. The number of urea groups is 1. The van der Waals surface area contributed by atoms with Crippen molar-refractivity contribution in [2.45, 2.75) is 25.8 Å². The molecule has 1 aliphatic rings. The molecule has 22 heavy (non-hydrogen) atoms. The quantitative estimate of drug-likeness (QED) is 0.927. The fraction of sp³-hybridized carbons (Fsp3) is 0.353. The van der Waals surface area contributed by atoms with Crippen LogP contribution in [0.15, 0.2) is 47.1 Å². The van der Waals surface area contributed by atoms with Crippen molar-refractivity contribution in [1.29, 1.82) is 0 Å². The predicted molar refractivity (Wildman–Crippen MR) is 84.0 cm³/mol. The Bertz CT molecular complexity index is 607. The van der Waals surface area contributed by atoms with E-state index in [0.717, 1.165) is 36.6 Å². The zero-order valence-electron chi connectivity index (χ0n) is 12.6. The molecular formula is C17H20N2O3. The lowest BCUT2D eigenvalue weighted by molar-refractivity contribution is 0.200. The molecule has 1 N–H and O–H groups in total. The van der Waals surface area contributed by atoms with Crippen molar-refractivity contribution in [2.24, 2.45) is 0 Å². The Morgan fingerprint density at radius 1 is 1.36 bits per heavy atom. The summed E-state index contributed by atoms with van der Waals surface area (Å²) >= 11 is 0. The number of hydrogen-bond acceptors (Lipinski definition) is 3. The smallest absolute Gasteiger partial charge is 0.322 e. The van der Waals surface area contributed by atoms with Gasteiger partial charge in [0.15, 0.2) is 0 Å². The third kappa shape index (κ3) is 3.08. The Hall–Kier alpha value is -2.43. The lowest BCUT2D eigenvalue weighted by Gasteiger charge is -2.23. The van der Waals surface area contributed by atoms with E-state index in [4.69, 9.17) is 9.15 Å². The second kappa shape index (κ2) is 6.56.